The van der Waals surface area contributed by atoms with E-state index < -0.39 is 18.0 Å². The molecule has 0 spiro atoms. The molecule has 1 aliphatic rings. The minimum Gasteiger partial charge on any atom is -0.454 e. The van der Waals surface area contributed by atoms with E-state index in [4.69, 9.17) is 16.3 Å². The van der Waals surface area contributed by atoms with Gasteiger partial charge in [0.05, 0.1) is 11.6 Å². The van der Waals surface area contributed by atoms with Crippen LogP contribution in [0.15, 0.2) is 60.0 Å². The number of amides is 1. The summed E-state index contributed by atoms with van der Waals surface area (Å²) < 4.78 is 5.37. The van der Waals surface area contributed by atoms with Crippen molar-refractivity contribution in [3.8, 4) is 11.3 Å². The largest absolute Gasteiger partial charge is 0.454 e. The van der Waals surface area contributed by atoms with Crippen molar-refractivity contribution in [3.63, 3.8) is 0 Å². The molecule has 2 unspecified atom stereocenters. The number of thiazole rings is 1. The number of carbonyl (C=O) groups excluding carboxylic acids is 3. The van der Waals surface area contributed by atoms with Gasteiger partial charge in [0.2, 0.25) is 11.7 Å². The molecule has 4 rings (SSSR count). The fourth-order valence-corrected chi connectivity index (χ4v) is 4.34. The van der Waals surface area contributed by atoms with E-state index >= 15 is 0 Å². The summed E-state index contributed by atoms with van der Waals surface area (Å²) in [5.74, 6) is -1.66. The number of rotatable bonds is 6. The zero-order valence-corrected chi connectivity index (χ0v) is 18.2. The van der Waals surface area contributed by atoms with Gasteiger partial charge in [-0.2, -0.15) is 0 Å². The van der Waals surface area contributed by atoms with Gasteiger partial charge >= 0.3 is 5.97 Å². The lowest BCUT2D eigenvalue weighted by molar-refractivity contribution is -0.151. The fraction of sp³-hybridized carbons (Fsp3) is 0.217. The quantitative estimate of drug-likeness (QED) is 0.401. The minimum atomic E-state index is -0.921. The molecule has 0 radical (unpaired) electrons. The van der Waals surface area contributed by atoms with Crippen LogP contribution in [0.3, 0.4) is 0 Å². The van der Waals surface area contributed by atoms with Crippen molar-refractivity contribution in [1.29, 1.82) is 0 Å². The highest BCUT2D eigenvalue weighted by Gasteiger charge is 2.38. The number of anilines is 1. The summed E-state index contributed by atoms with van der Waals surface area (Å²) in [5.41, 5.74) is 2.10. The minimum absolute atomic E-state index is 0.0287. The number of esters is 1. The molecule has 1 saturated heterocycles. The fourth-order valence-electron chi connectivity index (χ4n) is 3.35. The van der Waals surface area contributed by atoms with Gasteiger partial charge in [-0.1, -0.05) is 54.1 Å². The smallest absolute Gasteiger partial charge is 0.312 e. The first-order valence-electron chi connectivity index (χ1n) is 9.74. The molecule has 6 nitrogen and oxygen atoms in total. The zero-order chi connectivity index (χ0) is 22.0. The van der Waals surface area contributed by atoms with Gasteiger partial charge in [0.15, 0.2) is 11.2 Å². The second-order valence-corrected chi connectivity index (χ2v) is 8.51. The number of halogens is 1. The van der Waals surface area contributed by atoms with Crippen LogP contribution >= 0.6 is 22.9 Å². The van der Waals surface area contributed by atoms with Crippen LogP contribution in [0.1, 0.15) is 23.7 Å². The van der Waals surface area contributed by atoms with Gasteiger partial charge in [0, 0.05) is 34.5 Å². The molecule has 2 atom stereocenters. The molecule has 2 aromatic carbocycles. The van der Waals surface area contributed by atoms with Crippen LogP contribution in [0.25, 0.3) is 11.3 Å². The molecule has 1 fully saturated rings. The van der Waals surface area contributed by atoms with E-state index in [1.165, 1.54) is 16.2 Å². The zero-order valence-electron chi connectivity index (χ0n) is 16.7. The maximum Gasteiger partial charge on any atom is 0.312 e. The van der Waals surface area contributed by atoms with E-state index in [0.29, 0.717) is 15.7 Å². The van der Waals surface area contributed by atoms with Crippen molar-refractivity contribution in [2.24, 2.45) is 5.92 Å². The lowest BCUT2D eigenvalue weighted by Crippen LogP contribution is -2.30. The second-order valence-electron chi connectivity index (χ2n) is 7.24. The summed E-state index contributed by atoms with van der Waals surface area (Å²) in [6, 6.07) is 15.9. The maximum absolute atomic E-state index is 12.6. The molecule has 0 N–H and O–H groups in total. The van der Waals surface area contributed by atoms with E-state index in [2.05, 4.69) is 4.98 Å². The normalized spacial score (nSPS) is 16.9. The molecule has 158 valence electrons. The van der Waals surface area contributed by atoms with Gasteiger partial charge in [-0.25, -0.2) is 4.98 Å². The Labute approximate surface area is 188 Å². The number of Topliss-reactive ketones (excluding diaryl/α,β-unsaturated/α-hetero) is 1. The molecule has 3 aromatic rings. The van der Waals surface area contributed by atoms with Crippen LogP contribution in [0.4, 0.5) is 5.13 Å². The first kappa shape index (κ1) is 21.2. The van der Waals surface area contributed by atoms with E-state index in [-0.39, 0.29) is 24.7 Å². The molecule has 31 heavy (non-hydrogen) atoms. The highest BCUT2D eigenvalue weighted by Crippen LogP contribution is 2.32. The molecular weight excluding hydrogens is 436 g/mol. The van der Waals surface area contributed by atoms with Gasteiger partial charge in [0.25, 0.3) is 0 Å². The number of nitrogens with zero attached hydrogens (tertiary/aromatic N) is 2. The average Bonchev–Trinajstić information content (AvgIpc) is 3.41. The second kappa shape index (κ2) is 8.99. The molecule has 0 bridgehead atoms. The Morgan fingerprint density at radius 1 is 1.16 bits per heavy atom. The van der Waals surface area contributed by atoms with Crippen molar-refractivity contribution >= 4 is 45.7 Å². The third-order valence-corrected chi connectivity index (χ3v) is 6.16. The van der Waals surface area contributed by atoms with Crippen LogP contribution in [0, 0.1) is 5.92 Å². The Balaban J connectivity index is 1.40. The van der Waals surface area contributed by atoms with Crippen molar-refractivity contribution in [3.05, 3.63) is 70.6 Å². The van der Waals surface area contributed by atoms with Crippen LogP contribution < -0.4 is 4.90 Å². The van der Waals surface area contributed by atoms with Gasteiger partial charge in [0.1, 0.15) is 0 Å². The van der Waals surface area contributed by atoms with Crippen LogP contribution in [0.2, 0.25) is 5.02 Å². The maximum atomic E-state index is 12.6. The van der Waals surface area contributed by atoms with Gasteiger partial charge in [-0.05, 0) is 19.1 Å². The predicted molar refractivity (Wildman–Crippen MR) is 119 cm³/mol. The highest BCUT2D eigenvalue weighted by atomic mass is 35.5. The lowest BCUT2D eigenvalue weighted by Gasteiger charge is -2.16. The molecule has 2 heterocycles. The Morgan fingerprint density at radius 2 is 1.87 bits per heavy atom. The summed E-state index contributed by atoms with van der Waals surface area (Å²) in [4.78, 5) is 43.6. The predicted octanol–water partition coefficient (Wildman–Crippen LogP) is 4.63. The number of carbonyl (C=O) groups is 3. The molecule has 8 heteroatoms. The van der Waals surface area contributed by atoms with E-state index in [1.54, 1.807) is 43.3 Å². The van der Waals surface area contributed by atoms with Crippen molar-refractivity contribution in [2.45, 2.75) is 19.4 Å². The molecule has 0 aliphatic carbocycles. The molecule has 1 aliphatic heterocycles. The summed E-state index contributed by atoms with van der Waals surface area (Å²) in [6.45, 7) is 1.72. The number of benzene rings is 2. The highest BCUT2D eigenvalue weighted by molar-refractivity contribution is 7.14. The number of hydrogen-bond acceptors (Lipinski definition) is 6. The topological polar surface area (TPSA) is 76.6 Å². The summed E-state index contributed by atoms with van der Waals surface area (Å²) in [5, 5.41) is 3.02. The van der Waals surface area contributed by atoms with E-state index in [9.17, 15) is 14.4 Å². The van der Waals surface area contributed by atoms with Gasteiger partial charge in [-0.3, -0.25) is 19.3 Å². The van der Waals surface area contributed by atoms with Crippen molar-refractivity contribution < 1.29 is 19.1 Å². The standard InChI is InChI=1S/C23H19ClN2O4S/c1-14(21(28)16-5-3-2-4-6-16)30-22(29)17-11-20(27)26(12-17)23-25-19(13-31-23)15-7-9-18(24)10-8-15/h2-10,13-14,17H,11-12H2,1H3. The molecule has 1 amide bonds. The number of ether oxygens (including phenoxy) is 1. The van der Waals surface area contributed by atoms with E-state index in [0.717, 1.165) is 11.3 Å². The summed E-state index contributed by atoms with van der Waals surface area (Å²) >= 11 is 7.26. The van der Waals surface area contributed by atoms with E-state index in [1.807, 2.05) is 23.6 Å². The number of aromatic nitrogens is 1. The first-order chi connectivity index (χ1) is 14.9. The van der Waals surface area contributed by atoms with Crippen LogP contribution in [-0.2, 0) is 14.3 Å². The molecule has 1 aromatic heterocycles. The Morgan fingerprint density at radius 3 is 2.58 bits per heavy atom. The Hall–Kier alpha value is -3.03. The monoisotopic (exact) mass is 454 g/mol. The van der Waals surface area contributed by atoms with Crippen molar-refractivity contribution in [1.82, 2.24) is 4.98 Å². The summed E-state index contributed by atoms with van der Waals surface area (Å²) in [6.07, 6.45) is -0.892. The van der Waals surface area contributed by atoms with Crippen molar-refractivity contribution in [2.75, 3.05) is 11.4 Å². The van der Waals surface area contributed by atoms with Crippen LogP contribution in [0.5, 0.6) is 0 Å². The lowest BCUT2D eigenvalue weighted by atomic mass is 10.1. The van der Waals surface area contributed by atoms with Gasteiger partial charge in [-0.15, -0.1) is 11.3 Å². The number of ketones is 1. The SMILES string of the molecule is CC(OC(=O)C1CC(=O)N(c2nc(-c3ccc(Cl)cc3)cs2)C1)C(=O)c1ccccc1. The summed E-state index contributed by atoms with van der Waals surface area (Å²) in [7, 11) is 0. The molecule has 0 saturated carbocycles. The third kappa shape index (κ3) is 4.68. The average molecular weight is 455 g/mol. The third-order valence-electron chi connectivity index (χ3n) is 5.04. The van der Waals surface area contributed by atoms with Gasteiger partial charge < -0.3 is 4.74 Å². The Kier molecular flexibility index (Phi) is 6.15. The number of hydrogen-bond donors (Lipinski definition) is 0. The molecular formula is C23H19ClN2O4S. The first-order valence-corrected chi connectivity index (χ1v) is 11.0. The van der Waals surface area contributed by atoms with Crippen LogP contribution in [-0.4, -0.2) is 35.3 Å². The Bertz CT molecular complexity index is 1110.